The third-order valence-electron chi connectivity index (χ3n) is 2.29. The predicted octanol–water partition coefficient (Wildman–Crippen LogP) is 2.73. The largest absolute Gasteiger partial charge is 0.478 e. The van der Waals surface area contributed by atoms with Gasteiger partial charge in [-0.3, -0.25) is 9.78 Å². The molecule has 2 aromatic rings. The van der Waals surface area contributed by atoms with E-state index in [1.807, 2.05) is 0 Å². The van der Waals surface area contributed by atoms with Gasteiger partial charge in [0.25, 0.3) is 5.91 Å². The van der Waals surface area contributed by atoms with Crippen LogP contribution in [-0.4, -0.2) is 27.0 Å². The lowest BCUT2D eigenvalue weighted by Gasteiger charge is -2.07. The summed E-state index contributed by atoms with van der Waals surface area (Å²) in [6, 6.07) is 4.11. The van der Waals surface area contributed by atoms with Crippen LogP contribution in [0.3, 0.4) is 0 Å². The highest BCUT2D eigenvalue weighted by molar-refractivity contribution is 6.36. The van der Waals surface area contributed by atoms with Gasteiger partial charge in [0.2, 0.25) is 0 Å². The van der Waals surface area contributed by atoms with Gasteiger partial charge in [0, 0.05) is 12.4 Å². The first kappa shape index (κ1) is 14.2. The Hall–Kier alpha value is -2.18. The quantitative estimate of drug-likeness (QED) is 0.909. The SMILES string of the molecule is O=C(O)c1cccnc1C(=O)Nc1ncc(Cl)cc1Cl. The van der Waals surface area contributed by atoms with Gasteiger partial charge in [0.15, 0.2) is 5.82 Å². The van der Waals surface area contributed by atoms with Crippen molar-refractivity contribution in [2.75, 3.05) is 5.32 Å². The van der Waals surface area contributed by atoms with Gasteiger partial charge in [-0.25, -0.2) is 9.78 Å². The maximum Gasteiger partial charge on any atom is 0.338 e. The van der Waals surface area contributed by atoms with Crippen molar-refractivity contribution in [3.8, 4) is 0 Å². The van der Waals surface area contributed by atoms with E-state index < -0.39 is 11.9 Å². The van der Waals surface area contributed by atoms with E-state index in [2.05, 4.69) is 15.3 Å². The summed E-state index contributed by atoms with van der Waals surface area (Å²) in [5.41, 5.74) is -0.442. The number of hydrogen-bond donors (Lipinski definition) is 2. The first-order chi connectivity index (χ1) is 9.49. The highest BCUT2D eigenvalue weighted by atomic mass is 35.5. The predicted molar refractivity (Wildman–Crippen MR) is 73.4 cm³/mol. The number of aromatic nitrogens is 2. The Morgan fingerprint density at radius 2 is 2.00 bits per heavy atom. The maximum atomic E-state index is 12.0. The number of halogens is 2. The zero-order valence-corrected chi connectivity index (χ0v) is 11.3. The number of anilines is 1. The molecule has 0 aliphatic heterocycles. The van der Waals surface area contributed by atoms with E-state index in [0.717, 1.165) is 0 Å². The summed E-state index contributed by atoms with van der Waals surface area (Å²) < 4.78 is 0. The molecule has 20 heavy (non-hydrogen) atoms. The minimum atomic E-state index is -1.25. The number of aromatic carboxylic acids is 1. The molecule has 0 bridgehead atoms. The van der Waals surface area contributed by atoms with Crippen LogP contribution in [0, 0.1) is 0 Å². The van der Waals surface area contributed by atoms with Crippen molar-refractivity contribution < 1.29 is 14.7 Å². The third-order valence-corrected chi connectivity index (χ3v) is 2.79. The van der Waals surface area contributed by atoms with Crippen molar-refractivity contribution in [3.63, 3.8) is 0 Å². The summed E-state index contributed by atoms with van der Waals surface area (Å²) in [5, 5.41) is 11.8. The van der Waals surface area contributed by atoms with Crippen molar-refractivity contribution in [3.05, 3.63) is 51.9 Å². The Kier molecular flexibility index (Phi) is 4.16. The van der Waals surface area contributed by atoms with Gasteiger partial charge in [-0.15, -0.1) is 0 Å². The number of nitrogens with one attached hydrogen (secondary N) is 1. The van der Waals surface area contributed by atoms with Gasteiger partial charge in [-0.05, 0) is 18.2 Å². The standard InChI is InChI=1S/C12H7Cl2N3O3/c13-6-4-8(14)10(16-5-6)17-11(18)9-7(12(19)20)2-1-3-15-9/h1-5H,(H,19,20)(H,16,17,18). The average Bonchev–Trinajstić information content (AvgIpc) is 2.41. The van der Waals surface area contributed by atoms with Crippen LogP contribution in [0.4, 0.5) is 5.82 Å². The zero-order chi connectivity index (χ0) is 14.7. The van der Waals surface area contributed by atoms with Gasteiger partial charge in [-0.2, -0.15) is 0 Å². The molecule has 6 nitrogen and oxygen atoms in total. The number of pyridine rings is 2. The second-order valence-corrected chi connectivity index (χ2v) is 4.49. The molecule has 0 unspecified atom stereocenters. The molecule has 0 radical (unpaired) electrons. The maximum absolute atomic E-state index is 12.0. The summed E-state index contributed by atoms with van der Waals surface area (Å²) >= 11 is 11.6. The number of hydrogen-bond acceptors (Lipinski definition) is 4. The lowest BCUT2D eigenvalue weighted by molar-refractivity contribution is 0.0691. The van der Waals surface area contributed by atoms with Crippen molar-refractivity contribution >= 4 is 40.9 Å². The van der Waals surface area contributed by atoms with E-state index in [4.69, 9.17) is 28.3 Å². The first-order valence-corrected chi connectivity index (χ1v) is 6.05. The number of amides is 1. The van der Waals surface area contributed by atoms with E-state index in [9.17, 15) is 9.59 Å². The van der Waals surface area contributed by atoms with Crippen molar-refractivity contribution in [2.24, 2.45) is 0 Å². The summed E-state index contributed by atoms with van der Waals surface area (Å²) in [6.45, 7) is 0. The van der Waals surface area contributed by atoms with E-state index in [-0.39, 0.29) is 22.1 Å². The monoisotopic (exact) mass is 311 g/mol. The van der Waals surface area contributed by atoms with Gasteiger partial charge in [0.1, 0.15) is 5.69 Å². The van der Waals surface area contributed by atoms with Crippen LogP contribution >= 0.6 is 23.2 Å². The van der Waals surface area contributed by atoms with Crippen LogP contribution in [-0.2, 0) is 0 Å². The van der Waals surface area contributed by atoms with Crippen molar-refractivity contribution in [1.82, 2.24) is 9.97 Å². The first-order valence-electron chi connectivity index (χ1n) is 5.29. The minimum absolute atomic E-state index is 0.0723. The number of carbonyl (C=O) groups excluding carboxylic acids is 1. The molecule has 8 heteroatoms. The number of carbonyl (C=O) groups is 2. The molecule has 0 aliphatic carbocycles. The van der Waals surface area contributed by atoms with E-state index in [0.29, 0.717) is 5.02 Å². The Bertz CT molecular complexity index is 691. The molecular weight excluding hydrogens is 305 g/mol. The smallest absolute Gasteiger partial charge is 0.338 e. The normalized spacial score (nSPS) is 10.1. The molecule has 0 saturated heterocycles. The number of carboxylic acids is 1. The van der Waals surface area contributed by atoms with Crippen LogP contribution in [0.25, 0.3) is 0 Å². The molecule has 2 heterocycles. The second-order valence-electron chi connectivity index (χ2n) is 3.64. The molecule has 2 aromatic heterocycles. The molecule has 0 fully saturated rings. The molecule has 102 valence electrons. The van der Waals surface area contributed by atoms with Crippen molar-refractivity contribution in [1.29, 1.82) is 0 Å². The van der Waals surface area contributed by atoms with E-state index >= 15 is 0 Å². The van der Waals surface area contributed by atoms with Crippen LogP contribution in [0.2, 0.25) is 10.0 Å². The van der Waals surface area contributed by atoms with Crippen LogP contribution in [0.15, 0.2) is 30.6 Å². The van der Waals surface area contributed by atoms with Gasteiger partial charge in [0.05, 0.1) is 15.6 Å². The molecule has 2 N–H and O–H groups in total. The molecule has 0 spiro atoms. The molecule has 2 rings (SSSR count). The van der Waals surface area contributed by atoms with E-state index in [1.165, 1.54) is 30.6 Å². The summed E-state index contributed by atoms with van der Waals surface area (Å²) in [6.07, 6.45) is 2.62. The van der Waals surface area contributed by atoms with Gasteiger partial charge >= 0.3 is 5.97 Å². The number of nitrogens with zero attached hydrogens (tertiary/aromatic N) is 2. The molecule has 0 atom stereocenters. The van der Waals surface area contributed by atoms with E-state index in [1.54, 1.807) is 0 Å². The summed E-state index contributed by atoms with van der Waals surface area (Å²) in [5.74, 6) is -1.90. The average molecular weight is 312 g/mol. The fourth-order valence-corrected chi connectivity index (χ4v) is 1.86. The van der Waals surface area contributed by atoms with Crippen LogP contribution < -0.4 is 5.32 Å². The van der Waals surface area contributed by atoms with Crippen LogP contribution in [0.5, 0.6) is 0 Å². The Morgan fingerprint density at radius 3 is 2.65 bits per heavy atom. The minimum Gasteiger partial charge on any atom is -0.478 e. The van der Waals surface area contributed by atoms with Gasteiger partial charge in [-0.1, -0.05) is 23.2 Å². The Morgan fingerprint density at radius 1 is 1.25 bits per heavy atom. The molecule has 0 saturated carbocycles. The lowest BCUT2D eigenvalue weighted by atomic mass is 10.2. The third kappa shape index (κ3) is 3.04. The zero-order valence-electron chi connectivity index (χ0n) is 9.80. The fraction of sp³-hybridized carbons (Fsp3) is 0. The van der Waals surface area contributed by atoms with Crippen LogP contribution in [0.1, 0.15) is 20.8 Å². The lowest BCUT2D eigenvalue weighted by Crippen LogP contribution is -2.19. The Labute approximate surface area is 123 Å². The molecule has 1 amide bonds. The molecule has 0 aliphatic rings. The summed E-state index contributed by atoms with van der Waals surface area (Å²) in [7, 11) is 0. The summed E-state index contributed by atoms with van der Waals surface area (Å²) in [4.78, 5) is 30.6. The highest BCUT2D eigenvalue weighted by Gasteiger charge is 2.18. The molecular formula is C12H7Cl2N3O3. The molecule has 0 aromatic carbocycles. The number of carboxylic acid groups (broad SMARTS) is 1. The topological polar surface area (TPSA) is 92.2 Å². The van der Waals surface area contributed by atoms with Gasteiger partial charge < -0.3 is 10.4 Å². The van der Waals surface area contributed by atoms with Crippen molar-refractivity contribution in [2.45, 2.75) is 0 Å². The highest BCUT2D eigenvalue weighted by Crippen LogP contribution is 2.23. The fourth-order valence-electron chi connectivity index (χ4n) is 1.43. The Balaban J connectivity index is 2.31. The number of rotatable bonds is 3. The second kappa shape index (κ2) is 5.85.